The van der Waals surface area contributed by atoms with Crippen LogP contribution in [0.2, 0.25) is 0 Å². The van der Waals surface area contributed by atoms with Gasteiger partial charge in [-0.3, -0.25) is 9.59 Å². The second-order valence-corrected chi connectivity index (χ2v) is 13.9. The summed E-state index contributed by atoms with van der Waals surface area (Å²) in [5.41, 5.74) is 5.11. The van der Waals surface area contributed by atoms with E-state index in [9.17, 15) is 9.59 Å². The van der Waals surface area contributed by atoms with Gasteiger partial charge in [-0.15, -0.1) is 0 Å². The average molecular weight is 649 g/mol. The van der Waals surface area contributed by atoms with Crippen LogP contribution in [0.4, 0.5) is 0 Å². The lowest BCUT2D eigenvalue weighted by Crippen LogP contribution is -2.23. The van der Waals surface area contributed by atoms with Crippen LogP contribution in [0.3, 0.4) is 0 Å². The summed E-state index contributed by atoms with van der Waals surface area (Å²) in [6.45, 7) is 7.63. The van der Waals surface area contributed by atoms with Crippen molar-refractivity contribution in [2.45, 2.75) is 239 Å². The van der Waals surface area contributed by atoms with Crippen molar-refractivity contribution in [3.05, 3.63) is 12.2 Å². The molecule has 0 unspecified atom stereocenters. The van der Waals surface area contributed by atoms with Crippen LogP contribution in [0.5, 0.6) is 0 Å². The predicted molar refractivity (Wildman–Crippen MR) is 205 cm³/mol. The van der Waals surface area contributed by atoms with Crippen LogP contribution in [0, 0.1) is 0 Å². The zero-order chi connectivity index (χ0) is 34.0. The minimum Gasteiger partial charge on any atom is -0.370 e. The molecule has 0 saturated carbocycles. The molecule has 0 aliphatic heterocycles. The van der Waals surface area contributed by atoms with Gasteiger partial charge in [-0.2, -0.15) is 0 Å². The summed E-state index contributed by atoms with van der Waals surface area (Å²) < 4.78 is 0. The molecule has 0 aromatic heterocycles. The Balaban J connectivity index is 0. The van der Waals surface area contributed by atoms with Crippen molar-refractivity contribution >= 4 is 11.8 Å². The first-order valence-corrected chi connectivity index (χ1v) is 20.8. The van der Waals surface area contributed by atoms with E-state index in [0.29, 0.717) is 12.8 Å². The summed E-state index contributed by atoms with van der Waals surface area (Å²) in [5.74, 6) is 0.0961. The molecule has 0 spiro atoms. The summed E-state index contributed by atoms with van der Waals surface area (Å²) in [6.07, 6.45) is 48.2. The Bertz CT molecular complexity index is 619. The molecule has 0 bridgehead atoms. The fourth-order valence-corrected chi connectivity index (χ4v) is 5.89. The van der Waals surface area contributed by atoms with E-state index in [0.717, 1.165) is 25.8 Å². The van der Waals surface area contributed by atoms with Crippen LogP contribution < -0.4 is 11.1 Å². The Kier molecular flexibility index (Phi) is 44.4. The quantitative estimate of drug-likeness (QED) is 0.0524. The van der Waals surface area contributed by atoms with E-state index < -0.39 is 0 Å². The van der Waals surface area contributed by atoms with Crippen LogP contribution in [-0.4, -0.2) is 18.4 Å². The Morgan fingerprint density at radius 1 is 0.413 bits per heavy atom. The number of rotatable bonds is 36. The van der Waals surface area contributed by atoms with Gasteiger partial charge in [0, 0.05) is 19.4 Å². The molecule has 0 saturated heterocycles. The van der Waals surface area contributed by atoms with Crippen molar-refractivity contribution in [1.29, 1.82) is 0 Å². The van der Waals surface area contributed by atoms with Crippen LogP contribution >= 0.6 is 0 Å². The highest BCUT2D eigenvalue weighted by molar-refractivity contribution is 5.75. The van der Waals surface area contributed by atoms with Crippen molar-refractivity contribution in [2.24, 2.45) is 5.73 Å². The highest BCUT2D eigenvalue weighted by Crippen LogP contribution is 2.14. The number of nitrogens with two attached hydrogens (primary N) is 1. The maximum absolute atomic E-state index is 11.7. The van der Waals surface area contributed by atoms with E-state index in [4.69, 9.17) is 5.73 Å². The zero-order valence-corrected chi connectivity index (χ0v) is 31.8. The molecule has 0 atom stereocenters. The van der Waals surface area contributed by atoms with Gasteiger partial charge >= 0.3 is 0 Å². The predicted octanol–water partition coefficient (Wildman–Crippen LogP) is 13.5. The Morgan fingerprint density at radius 2 is 0.717 bits per heavy atom. The Labute approximate surface area is 289 Å². The molecule has 46 heavy (non-hydrogen) atoms. The number of amides is 2. The number of carbonyl (C=O) groups is 2. The first-order valence-electron chi connectivity index (χ1n) is 20.8. The molecule has 0 fully saturated rings. The fraction of sp³-hybridized carbons (Fsp3) is 0.905. The molecule has 2 amide bonds. The fourth-order valence-electron chi connectivity index (χ4n) is 5.89. The van der Waals surface area contributed by atoms with Crippen molar-refractivity contribution in [1.82, 2.24) is 5.32 Å². The van der Waals surface area contributed by atoms with Crippen molar-refractivity contribution in [2.75, 3.05) is 6.54 Å². The zero-order valence-electron chi connectivity index (χ0n) is 31.8. The molecule has 0 heterocycles. The van der Waals surface area contributed by atoms with Gasteiger partial charge in [-0.05, 0) is 44.9 Å². The molecule has 0 aliphatic rings. The van der Waals surface area contributed by atoms with Gasteiger partial charge < -0.3 is 11.1 Å². The van der Waals surface area contributed by atoms with Crippen molar-refractivity contribution in [3.8, 4) is 0 Å². The molecule has 0 aromatic rings. The number of allylic oxidation sites excluding steroid dienone is 2. The minimum atomic E-state index is -0.153. The van der Waals surface area contributed by atoms with E-state index in [-0.39, 0.29) is 11.8 Å². The summed E-state index contributed by atoms with van der Waals surface area (Å²) in [6, 6.07) is 0. The van der Waals surface area contributed by atoms with Crippen molar-refractivity contribution in [3.63, 3.8) is 0 Å². The molecule has 0 aromatic carbocycles. The van der Waals surface area contributed by atoms with Gasteiger partial charge in [0.25, 0.3) is 0 Å². The number of hydrogen-bond donors (Lipinski definition) is 2. The normalized spacial score (nSPS) is 11.1. The van der Waals surface area contributed by atoms with E-state index in [1.165, 1.54) is 186 Å². The number of nitrogens with one attached hydrogen (secondary N) is 1. The van der Waals surface area contributed by atoms with Crippen LogP contribution in [-0.2, 0) is 9.59 Å². The van der Waals surface area contributed by atoms with Crippen LogP contribution in [0.1, 0.15) is 239 Å². The summed E-state index contributed by atoms with van der Waals surface area (Å²) in [7, 11) is 0. The topological polar surface area (TPSA) is 72.2 Å². The smallest absolute Gasteiger partial charge is 0.219 e. The summed E-state index contributed by atoms with van der Waals surface area (Å²) in [4.78, 5) is 22.2. The first-order chi connectivity index (χ1) is 22.6. The van der Waals surface area contributed by atoms with Crippen LogP contribution in [0.25, 0.3) is 0 Å². The maximum Gasteiger partial charge on any atom is 0.219 e. The molecule has 4 heteroatoms. The lowest BCUT2D eigenvalue weighted by molar-refractivity contribution is -0.121. The molecule has 3 N–H and O–H groups in total. The van der Waals surface area contributed by atoms with Crippen molar-refractivity contribution < 1.29 is 9.59 Å². The summed E-state index contributed by atoms with van der Waals surface area (Å²) in [5, 5.41) is 3.04. The number of hydrogen-bond acceptors (Lipinski definition) is 2. The second-order valence-electron chi connectivity index (χ2n) is 13.9. The third kappa shape index (κ3) is 47.1. The van der Waals surface area contributed by atoms with Gasteiger partial charge in [-0.1, -0.05) is 193 Å². The van der Waals surface area contributed by atoms with E-state index >= 15 is 0 Å². The Morgan fingerprint density at radius 3 is 1.09 bits per heavy atom. The SMILES string of the molecule is CCCCCCCC/C=C\CCCCCCCC(=O)NCCCCCC.CCCCCCCCCCCCCCCCCC(N)=O. The van der Waals surface area contributed by atoms with E-state index in [2.05, 4.69) is 38.2 Å². The summed E-state index contributed by atoms with van der Waals surface area (Å²) >= 11 is 0. The molecule has 0 radical (unpaired) electrons. The monoisotopic (exact) mass is 649 g/mol. The molecular weight excluding hydrogens is 564 g/mol. The van der Waals surface area contributed by atoms with E-state index in [1.54, 1.807) is 0 Å². The maximum atomic E-state index is 11.7. The second kappa shape index (κ2) is 43.7. The first kappa shape index (κ1) is 46.8. The standard InChI is InChI=1S/C24H47NO.C18H37NO/c1-3-5-7-9-10-11-12-13-14-15-16-17-18-19-20-22-24(26)25-23-21-8-6-4-2;1-2-3-4-5-6-7-8-9-10-11-12-13-14-15-16-17-18(19)20/h13-14H,3-12,15-23H2,1-2H3,(H,25,26);2-17H2,1H3,(H2,19,20)/b14-13-;. The molecule has 0 rings (SSSR count). The lowest BCUT2D eigenvalue weighted by Gasteiger charge is -2.05. The lowest BCUT2D eigenvalue weighted by atomic mass is 10.0. The molecule has 0 aliphatic carbocycles. The number of carbonyl (C=O) groups excluding carboxylic acids is 2. The Hall–Kier alpha value is -1.32. The average Bonchev–Trinajstić information content (AvgIpc) is 3.04. The number of primary amides is 1. The molecular formula is C42H84N2O2. The molecule has 274 valence electrons. The van der Waals surface area contributed by atoms with Gasteiger partial charge in [0.2, 0.25) is 11.8 Å². The largest absolute Gasteiger partial charge is 0.370 e. The third-order valence-corrected chi connectivity index (χ3v) is 9.04. The third-order valence-electron chi connectivity index (χ3n) is 9.04. The highest BCUT2D eigenvalue weighted by Gasteiger charge is 2.00. The highest BCUT2D eigenvalue weighted by atomic mass is 16.1. The van der Waals surface area contributed by atoms with Gasteiger partial charge in [0.15, 0.2) is 0 Å². The molecule has 4 nitrogen and oxygen atoms in total. The van der Waals surface area contributed by atoms with Gasteiger partial charge in [-0.25, -0.2) is 0 Å². The van der Waals surface area contributed by atoms with Crippen LogP contribution in [0.15, 0.2) is 12.2 Å². The minimum absolute atomic E-state index is 0.153. The van der Waals surface area contributed by atoms with Gasteiger partial charge in [0.1, 0.15) is 0 Å². The van der Waals surface area contributed by atoms with E-state index in [1.807, 2.05) is 0 Å². The number of unbranched alkanes of at least 4 members (excludes halogenated alkanes) is 28. The van der Waals surface area contributed by atoms with Gasteiger partial charge in [0.05, 0.1) is 0 Å².